The summed E-state index contributed by atoms with van der Waals surface area (Å²) in [6, 6.07) is 5.84. The number of carboxylic acids is 1. The Morgan fingerprint density at radius 2 is 1.40 bits per heavy atom. The Balaban J connectivity index is 2.15. The van der Waals surface area contributed by atoms with Gasteiger partial charge in [-0.15, -0.1) is 0 Å². The van der Waals surface area contributed by atoms with Gasteiger partial charge in [-0.1, -0.05) is 39.8 Å². The van der Waals surface area contributed by atoms with Gasteiger partial charge in [0.05, 0.1) is 11.5 Å². The van der Waals surface area contributed by atoms with Gasteiger partial charge in [0.1, 0.15) is 17.3 Å². The lowest BCUT2D eigenvalue weighted by atomic mass is 9.62. The Morgan fingerprint density at radius 3 is 1.87 bits per heavy atom. The second kappa shape index (κ2) is 7.49. The van der Waals surface area contributed by atoms with Gasteiger partial charge in [0.25, 0.3) is 0 Å². The highest BCUT2D eigenvalue weighted by atomic mass is 16.4. The number of benzene rings is 1. The lowest BCUT2D eigenvalue weighted by Gasteiger charge is -2.39. The number of allylic oxidation sites excluding steroid dienone is 2. The third-order valence-electron chi connectivity index (χ3n) is 6.06. The van der Waals surface area contributed by atoms with Gasteiger partial charge in [-0.25, -0.2) is 4.79 Å². The van der Waals surface area contributed by atoms with E-state index in [-0.39, 0.29) is 59.9 Å². The third-order valence-corrected chi connectivity index (χ3v) is 6.06. The molecule has 1 aromatic carbocycles. The average Bonchev–Trinajstić information content (AvgIpc) is 2.57. The van der Waals surface area contributed by atoms with Crippen molar-refractivity contribution < 1.29 is 29.4 Å². The molecule has 0 aromatic heterocycles. The maximum absolute atomic E-state index is 13.1. The number of carbonyl (C=O) groups excluding carboxylic acids is 3. The first kappa shape index (κ1) is 21.9. The van der Waals surface area contributed by atoms with Gasteiger partial charge in [0.15, 0.2) is 5.78 Å². The lowest BCUT2D eigenvalue weighted by molar-refractivity contribution is -0.140. The molecule has 2 N–H and O–H groups in total. The number of hydrogen-bond acceptors (Lipinski definition) is 5. The lowest BCUT2D eigenvalue weighted by Crippen LogP contribution is -2.43. The second-order valence-electron chi connectivity index (χ2n) is 10.1. The summed E-state index contributed by atoms with van der Waals surface area (Å²) < 4.78 is 0. The molecule has 2 aliphatic carbocycles. The van der Waals surface area contributed by atoms with Crippen molar-refractivity contribution in [3.63, 3.8) is 0 Å². The van der Waals surface area contributed by atoms with Crippen LogP contribution in [0.25, 0.3) is 0 Å². The Hall–Kier alpha value is -2.76. The smallest absolute Gasteiger partial charge is 0.335 e. The number of aliphatic hydroxyl groups is 1. The molecule has 0 heterocycles. The number of rotatable bonds is 4. The number of carbonyl (C=O) groups is 4. The molecule has 6 heteroatoms. The van der Waals surface area contributed by atoms with Gasteiger partial charge in [-0.05, 0) is 28.5 Å². The molecule has 0 radical (unpaired) electrons. The van der Waals surface area contributed by atoms with E-state index < -0.39 is 28.6 Å². The van der Waals surface area contributed by atoms with Crippen LogP contribution in [0.3, 0.4) is 0 Å². The summed E-state index contributed by atoms with van der Waals surface area (Å²) in [4.78, 5) is 50.4. The van der Waals surface area contributed by atoms with Crippen molar-refractivity contribution in [2.24, 2.45) is 16.7 Å². The molecule has 0 saturated heterocycles. The van der Waals surface area contributed by atoms with Crippen LogP contribution < -0.4 is 0 Å². The molecule has 1 atom stereocenters. The number of carboxylic acid groups (broad SMARTS) is 1. The fourth-order valence-electron chi connectivity index (χ4n) is 4.79. The number of hydrogen-bond donors (Lipinski definition) is 2. The average molecular weight is 412 g/mol. The fourth-order valence-corrected chi connectivity index (χ4v) is 4.79. The van der Waals surface area contributed by atoms with Gasteiger partial charge in [-0.3, -0.25) is 14.4 Å². The number of aliphatic hydroxyl groups excluding tert-OH is 1. The van der Waals surface area contributed by atoms with E-state index in [9.17, 15) is 29.4 Å². The summed E-state index contributed by atoms with van der Waals surface area (Å²) in [5.74, 6) is -3.93. The Morgan fingerprint density at radius 1 is 0.900 bits per heavy atom. The van der Waals surface area contributed by atoms with Crippen LogP contribution >= 0.6 is 0 Å². The summed E-state index contributed by atoms with van der Waals surface area (Å²) in [7, 11) is 0. The molecule has 3 rings (SSSR count). The van der Waals surface area contributed by atoms with Crippen LogP contribution in [0.4, 0.5) is 0 Å². The Labute approximate surface area is 176 Å². The Bertz CT molecular complexity index is 928. The molecule has 1 aromatic rings. The van der Waals surface area contributed by atoms with Gasteiger partial charge in [0, 0.05) is 37.2 Å². The zero-order chi connectivity index (χ0) is 22.4. The predicted molar refractivity (Wildman–Crippen MR) is 110 cm³/mol. The minimum Gasteiger partial charge on any atom is -0.512 e. The molecule has 160 valence electrons. The monoisotopic (exact) mass is 412 g/mol. The first-order chi connectivity index (χ1) is 13.8. The van der Waals surface area contributed by atoms with E-state index in [2.05, 4.69) is 0 Å². The van der Waals surface area contributed by atoms with Crippen molar-refractivity contribution in [3.8, 4) is 0 Å². The second-order valence-corrected chi connectivity index (χ2v) is 10.1. The number of aromatic carboxylic acids is 1. The first-order valence-corrected chi connectivity index (χ1v) is 10.2. The van der Waals surface area contributed by atoms with Gasteiger partial charge in [-0.2, -0.15) is 0 Å². The Kier molecular flexibility index (Phi) is 5.48. The molecule has 0 spiro atoms. The van der Waals surface area contributed by atoms with E-state index in [0.29, 0.717) is 5.56 Å². The van der Waals surface area contributed by atoms with Crippen molar-refractivity contribution in [3.05, 3.63) is 46.7 Å². The van der Waals surface area contributed by atoms with E-state index >= 15 is 0 Å². The highest BCUT2D eigenvalue weighted by Crippen LogP contribution is 2.47. The summed E-state index contributed by atoms with van der Waals surface area (Å²) in [6.07, 6.45) is 0.900. The number of Topliss-reactive ketones (excluding diaryl/α,β-unsaturated/α-hetero) is 3. The van der Waals surface area contributed by atoms with Crippen molar-refractivity contribution in [2.45, 2.75) is 59.3 Å². The zero-order valence-electron chi connectivity index (χ0n) is 17.8. The molecule has 6 nitrogen and oxygen atoms in total. The van der Waals surface area contributed by atoms with E-state index in [1.807, 2.05) is 27.7 Å². The maximum Gasteiger partial charge on any atom is 0.335 e. The maximum atomic E-state index is 13.1. The largest absolute Gasteiger partial charge is 0.512 e. The molecule has 0 amide bonds. The minimum atomic E-state index is -1.10. The van der Waals surface area contributed by atoms with Crippen molar-refractivity contribution in [1.82, 2.24) is 0 Å². The van der Waals surface area contributed by atoms with Crippen LogP contribution in [-0.2, 0) is 14.4 Å². The topological polar surface area (TPSA) is 109 Å². The molecule has 0 aliphatic heterocycles. The van der Waals surface area contributed by atoms with Crippen molar-refractivity contribution in [1.29, 1.82) is 0 Å². The standard InChI is InChI=1S/C24H28O6/c1-23(2)9-15(25)20(16(26)10-23)19(13-5-7-14(8-6-13)22(29)30)21-17(27)11-24(3,4)12-18(21)28/h5-8,19-20,27H,9-12H2,1-4H3,(H,29,30). The van der Waals surface area contributed by atoms with Gasteiger partial charge in [0.2, 0.25) is 0 Å². The van der Waals surface area contributed by atoms with Gasteiger partial charge < -0.3 is 10.2 Å². The van der Waals surface area contributed by atoms with Crippen LogP contribution in [0.15, 0.2) is 35.6 Å². The van der Waals surface area contributed by atoms with Gasteiger partial charge >= 0.3 is 5.97 Å². The highest BCUT2D eigenvalue weighted by molar-refractivity contribution is 6.09. The zero-order valence-corrected chi connectivity index (χ0v) is 17.8. The first-order valence-electron chi connectivity index (χ1n) is 10.2. The summed E-state index contributed by atoms with van der Waals surface area (Å²) in [5.41, 5.74) is -0.193. The SMILES string of the molecule is CC1(C)CC(=O)C(C(C2=C(O)CC(C)(C)CC2=O)c2ccc(C(=O)O)cc2)C(=O)C1. The van der Waals surface area contributed by atoms with Crippen LogP contribution in [0, 0.1) is 16.7 Å². The molecule has 1 fully saturated rings. The third kappa shape index (κ3) is 4.23. The van der Waals surface area contributed by atoms with Crippen LogP contribution in [0.1, 0.15) is 75.2 Å². The molecule has 1 unspecified atom stereocenters. The predicted octanol–water partition coefficient (Wildman–Crippen LogP) is 4.24. The van der Waals surface area contributed by atoms with E-state index in [4.69, 9.17) is 0 Å². The van der Waals surface area contributed by atoms with E-state index in [1.165, 1.54) is 24.3 Å². The molecular formula is C24H28O6. The number of ketones is 3. The van der Waals surface area contributed by atoms with Crippen molar-refractivity contribution >= 4 is 23.3 Å². The molecule has 1 saturated carbocycles. The van der Waals surface area contributed by atoms with Crippen LogP contribution in [0.2, 0.25) is 0 Å². The minimum absolute atomic E-state index is 0.0641. The fraction of sp³-hybridized carbons (Fsp3) is 0.500. The van der Waals surface area contributed by atoms with Crippen LogP contribution in [-0.4, -0.2) is 33.5 Å². The summed E-state index contributed by atoms with van der Waals surface area (Å²) in [5, 5.41) is 20.0. The normalized spacial score (nSPS) is 22.9. The highest BCUT2D eigenvalue weighted by Gasteiger charge is 2.48. The van der Waals surface area contributed by atoms with E-state index in [1.54, 1.807) is 0 Å². The molecular weight excluding hydrogens is 384 g/mol. The van der Waals surface area contributed by atoms with Crippen LogP contribution in [0.5, 0.6) is 0 Å². The quantitative estimate of drug-likeness (QED) is 0.716. The summed E-state index contributed by atoms with van der Waals surface area (Å²) in [6.45, 7) is 7.49. The molecule has 30 heavy (non-hydrogen) atoms. The van der Waals surface area contributed by atoms with Crippen molar-refractivity contribution in [2.75, 3.05) is 0 Å². The molecule has 0 bridgehead atoms. The van der Waals surface area contributed by atoms with E-state index in [0.717, 1.165) is 0 Å². The summed E-state index contributed by atoms with van der Waals surface area (Å²) >= 11 is 0. The molecule has 2 aliphatic rings.